The molecule has 17 heavy (non-hydrogen) atoms. The quantitative estimate of drug-likeness (QED) is 0.868. The van der Waals surface area contributed by atoms with Gasteiger partial charge in [0, 0.05) is 0 Å². The molecule has 0 aliphatic heterocycles. The van der Waals surface area contributed by atoms with E-state index in [9.17, 15) is 18.0 Å². The van der Waals surface area contributed by atoms with Gasteiger partial charge in [-0.25, -0.2) is 4.79 Å². The monoisotopic (exact) mass is 245 g/mol. The first-order chi connectivity index (χ1) is 7.74. The molecule has 1 aromatic rings. The van der Waals surface area contributed by atoms with Crippen LogP contribution < -0.4 is 4.74 Å². The Hall–Kier alpha value is -2.23. The number of hydrogen-bond acceptors (Lipinski definition) is 3. The second-order valence-electron chi connectivity index (χ2n) is 3.13. The van der Waals surface area contributed by atoms with Gasteiger partial charge in [-0.05, 0) is 24.6 Å². The van der Waals surface area contributed by atoms with Gasteiger partial charge < -0.3 is 9.84 Å². The lowest BCUT2D eigenvalue weighted by molar-refractivity contribution is -0.274. The average molecular weight is 245 g/mol. The molecule has 0 heterocycles. The summed E-state index contributed by atoms with van der Waals surface area (Å²) in [4.78, 5) is 10.7. The lowest BCUT2D eigenvalue weighted by atomic mass is 10.0. The van der Waals surface area contributed by atoms with Crippen LogP contribution in [0.5, 0.6) is 5.75 Å². The molecule has 90 valence electrons. The molecule has 4 nitrogen and oxygen atoms in total. The first-order valence-electron chi connectivity index (χ1n) is 4.28. The molecule has 0 aromatic heterocycles. The highest BCUT2D eigenvalue weighted by atomic mass is 19.4. The molecule has 0 unspecified atom stereocenters. The van der Waals surface area contributed by atoms with Crippen LogP contribution in [0.4, 0.5) is 13.2 Å². The molecule has 0 saturated heterocycles. The van der Waals surface area contributed by atoms with Gasteiger partial charge in [0.15, 0.2) is 0 Å². The Morgan fingerprint density at radius 2 is 2.06 bits per heavy atom. The smallest absolute Gasteiger partial charge is 0.478 e. The zero-order valence-corrected chi connectivity index (χ0v) is 8.50. The molecule has 0 radical (unpaired) electrons. The lowest BCUT2D eigenvalue weighted by Crippen LogP contribution is -2.18. The lowest BCUT2D eigenvalue weighted by Gasteiger charge is -2.12. The summed E-state index contributed by atoms with van der Waals surface area (Å²) < 4.78 is 39.6. The van der Waals surface area contributed by atoms with Crippen molar-refractivity contribution in [3.63, 3.8) is 0 Å². The van der Waals surface area contributed by atoms with E-state index < -0.39 is 18.1 Å². The Bertz CT molecular complexity index is 503. The molecular weight excluding hydrogens is 239 g/mol. The molecule has 0 amide bonds. The number of benzene rings is 1. The van der Waals surface area contributed by atoms with Gasteiger partial charge in [0.25, 0.3) is 0 Å². The fourth-order valence-corrected chi connectivity index (χ4v) is 1.19. The predicted octanol–water partition coefficient (Wildman–Crippen LogP) is 2.46. The fourth-order valence-electron chi connectivity index (χ4n) is 1.19. The second-order valence-corrected chi connectivity index (χ2v) is 3.13. The molecular formula is C10H6F3NO3. The van der Waals surface area contributed by atoms with Crippen molar-refractivity contribution in [3.8, 4) is 11.8 Å². The Kier molecular flexibility index (Phi) is 3.27. The topological polar surface area (TPSA) is 70.3 Å². The third kappa shape index (κ3) is 3.11. The van der Waals surface area contributed by atoms with Gasteiger partial charge in [-0.15, -0.1) is 13.2 Å². The van der Waals surface area contributed by atoms with Crippen molar-refractivity contribution < 1.29 is 27.8 Å². The maximum absolute atomic E-state index is 12.0. The van der Waals surface area contributed by atoms with Crippen LogP contribution in [0.3, 0.4) is 0 Å². The number of alkyl halides is 3. The van der Waals surface area contributed by atoms with E-state index in [0.29, 0.717) is 0 Å². The summed E-state index contributed by atoms with van der Waals surface area (Å²) in [6, 6.07) is 3.22. The van der Waals surface area contributed by atoms with Gasteiger partial charge in [0.05, 0.1) is 11.1 Å². The molecule has 7 heteroatoms. The van der Waals surface area contributed by atoms with E-state index in [1.165, 1.54) is 13.0 Å². The van der Waals surface area contributed by atoms with Crippen molar-refractivity contribution in [2.75, 3.05) is 0 Å². The van der Waals surface area contributed by atoms with Gasteiger partial charge in [-0.2, -0.15) is 5.26 Å². The minimum atomic E-state index is -4.89. The zero-order valence-electron chi connectivity index (χ0n) is 8.50. The van der Waals surface area contributed by atoms with Crippen molar-refractivity contribution in [1.82, 2.24) is 0 Å². The van der Waals surface area contributed by atoms with Crippen LogP contribution in [0.1, 0.15) is 21.5 Å². The van der Waals surface area contributed by atoms with E-state index in [4.69, 9.17) is 10.4 Å². The average Bonchev–Trinajstić information content (AvgIpc) is 2.18. The van der Waals surface area contributed by atoms with Crippen molar-refractivity contribution in [3.05, 3.63) is 28.8 Å². The first-order valence-corrected chi connectivity index (χ1v) is 4.28. The number of carboxylic acid groups (broad SMARTS) is 1. The van der Waals surface area contributed by atoms with Crippen LogP contribution >= 0.6 is 0 Å². The highest BCUT2D eigenvalue weighted by Gasteiger charge is 2.32. The van der Waals surface area contributed by atoms with Gasteiger partial charge in [-0.3, -0.25) is 0 Å². The molecule has 0 aliphatic rings. The number of ether oxygens (including phenoxy) is 1. The van der Waals surface area contributed by atoms with Gasteiger partial charge >= 0.3 is 12.3 Å². The number of aryl methyl sites for hydroxylation is 1. The number of carbonyl (C=O) groups is 1. The number of carboxylic acids is 1. The fraction of sp³-hybridized carbons (Fsp3) is 0.200. The Morgan fingerprint density at radius 1 is 1.47 bits per heavy atom. The normalized spacial score (nSPS) is 10.8. The second kappa shape index (κ2) is 4.33. The van der Waals surface area contributed by atoms with Gasteiger partial charge in [0.2, 0.25) is 0 Å². The molecule has 1 rings (SSSR count). The Morgan fingerprint density at radius 3 is 2.47 bits per heavy atom. The number of hydrogen-bond donors (Lipinski definition) is 1. The van der Waals surface area contributed by atoms with Crippen LogP contribution in [0.25, 0.3) is 0 Å². The molecule has 1 N–H and O–H groups in total. The standard InChI is InChI=1S/C10H6F3NO3/c1-5-2-7(9(15)16)6(4-14)3-8(5)17-10(11,12)13/h2-3H,1H3,(H,15,16). The largest absolute Gasteiger partial charge is 0.573 e. The van der Waals surface area contributed by atoms with Gasteiger partial charge in [-0.1, -0.05) is 0 Å². The predicted molar refractivity (Wildman–Crippen MR) is 49.5 cm³/mol. The highest BCUT2D eigenvalue weighted by molar-refractivity contribution is 5.91. The van der Waals surface area contributed by atoms with Crippen LogP contribution in [0, 0.1) is 18.3 Å². The van der Waals surface area contributed by atoms with Crippen LogP contribution in [0.2, 0.25) is 0 Å². The number of nitrogens with zero attached hydrogens (tertiary/aromatic N) is 1. The molecule has 0 atom stereocenters. The Balaban J connectivity index is 3.29. The van der Waals surface area contributed by atoms with E-state index in [0.717, 1.165) is 12.1 Å². The summed E-state index contributed by atoms with van der Waals surface area (Å²) in [7, 11) is 0. The third-order valence-corrected chi connectivity index (χ3v) is 1.89. The van der Waals surface area contributed by atoms with Crippen LogP contribution in [-0.4, -0.2) is 17.4 Å². The number of aromatic carboxylic acids is 1. The molecule has 0 spiro atoms. The summed E-state index contributed by atoms with van der Waals surface area (Å²) in [5.74, 6) is -1.97. The Labute approximate surface area is 93.8 Å². The summed E-state index contributed by atoms with van der Waals surface area (Å²) in [5.41, 5.74) is -0.763. The highest BCUT2D eigenvalue weighted by Crippen LogP contribution is 2.28. The number of rotatable bonds is 2. The first kappa shape index (κ1) is 12.8. The molecule has 0 saturated carbocycles. The summed E-state index contributed by atoms with van der Waals surface area (Å²) in [5, 5.41) is 17.4. The maximum Gasteiger partial charge on any atom is 0.573 e. The van der Waals surface area contributed by atoms with E-state index in [1.54, 1.807) is 0 Å². The van der Waals surface area contributed by atoms with Crippen LogP contribution in [-0.2, 0) is 0 Å². The zero-order chi connectivity index (χ0) is 13.2. The maximum atomic E-state index is 12.0. The molecule has 0 bridgehead atoms. The molecule has 0 fully saturated rings. The van der Waals surface area contributed by atoms with E-state index >= 15 is 0 Å². The van der Waals surface area contributed by atoms with E-state index in [1.807, 2.05) is 0 Å². The number of nitriles is 1. The summed E-state index contributed by atoms with van der Waals surface area (Å²) in [6.45, 7) is 1.26. The van der Waals surface area contributed by atoms with Crippen molar-refractivity contribution in [2.45, 2.75) is 13.3 Å². The molecule has 1 aromatic carbocycles. The SMILES string of the molecule is Cc1cc(C(=O)O)c(C#N)cc1OC(F)(F)F. The minimum absolute atomic E-state index is 0.0151. The molecule has 0 aliphatic carbocycles. The van der Waals surface area contributed by atoms with Crippen molar-refractivity contribution in [2.24, 2.45) is 0 Å². The minimum Gasteiger partial charge on any atom is -0.478 e. The summed E-state index contributed by atoms with van der Waals surface area (Å²) in [6.07, 6.45) is -4.89. The third-order valence-electron chi connectivity index (χ3n) is 1.89. The van der Waals surface area contributed by atoms with Crippen molar-refractivity contribution in [1.29, 1.82) is 5.26 Å². The van der Waals surface area contributed by atoms with E-state index in [-0.39, 0.29) is 16.7 Å². The van der Waals surface area contributed by atoms with Crippen molar-refractivity contribution >= 4 is 5.97 Å². The van der Waals surface area contributed by atoms with E-state index in [2.05, 4.69) is 4.74 Å². The summed E-state index contributed by atoms with van der Waals surface area (Å²) >= 11 is 0. The number of halogens is 3. The van der Waals surface area contributed by atoms with Crippen LogP contribution in [0.15, 0.2) is 12.1 Å². The van der Waals surface area contributed by atoms with Gasteiger partial charge in [0.1, 0.15) is 11.8 Å².